The second-order valence-electron chi connectivity index (χ2n) is 6.80. The molecule has 0 radical (unpaired) electrons. The van der Waals surface area contributed by atoms with Gasteiger partial charge in [-0.05, 0) is 60.1 Å². The molecule has 0 bridgehead atoms. The van der Waals surface area contributed by atoms with E-state index >= 15 is 0 Å². The Morgan fingerprint density at radius 1 is 1.04 bits per heavy atom. The molecule has 0 aliphatic heterocycles. The lowest BCUT2D eigenvalue weighted by Gasteiger charge is -2.26. The van der Waals surface area contributed by atoms with Crippen molar-refractivity contribution in [2.45, 2.75) is 51.9 Å². The molecule has 0 spiro atoms. The zero-order chi connectivity index (χ0) is 17.1. The SMILES string of the molecule is CCCCCC1CCc2c(cc(F)c(-c3ccc(F)cc3)c2F)C1. The van der Waals surface area contributed by atoms with Crippen LogP contribution in [0.1, 0.15) is 50.2 Å². The first-order valence-electron chi connectivity index (χ1n) is 8.85. The average molecular weight is 332 g/mol. The van der Waals surface area contributed by atoms with E-state index in [2.05, 4.69) is 6.92 Å². The van der Waals surface area contributed by atoms with Crippen LogP contribution in [0.4, 0.5) is 13.2 Å². The predicted octanol–water partition coefficient (Wildman–Crippen LogP) is 6.46. The maximum atomic E-state index is 14.9. The van der Waals surface area contributed by atoms with E-state index in [1.807, 2.05) is 0 Å². The summed E-state index contributed by atoms with van der Waals surface area (Å²) in [5, 5.41) is 0. The lowest BCUT2D eigenvalue weighted by molar-refractivity contribution is 0.399. The van der Waals surface area contributed by atoms with Crippen molar-refractivity contribution in [2.24, 2.45) is 5.92 Å². The van der Waals surface area contributed by atoms with E-state index in [4.69, 9.17) is 0 Å². The Bertz CT molecular complexity index is 704. The van der Waals surface area contributed by atoms with Gasteiger partial charge in [-0.15, -0.1) is 0 Å². The van der Waals surface area contributed by atoms with Crippen LogP contribution in [-0.2, 0) is 12.8 Å². The Labute approximate surface area is 141 Å². The highest BCUT2D eigenvalue weighted by molar-refractivity contribution is 5.67. The van der Waals surface area contributed by atoms with Crippen LogP contribution in [0.15, 0.2) is 30.3 Å². The highest BCUT2D eigenvalue weighted by Gasteiger charge is 2.25. The van der Waals surface area contributed by atoms with E-state index < -0.39 is 17.5 Å². The van der Waals surface area contributed by atoms with Gasteiger partial charge in [-0.3, -0.25) is 0 Å². The molecule has 1 atom stereocenters. The van der Waals surface area contributed by atoms with Gasteiger partial charge < -0.3 is 0 Å². The number of hydrogen-bond donors (Lipinski definition) is 0. The van der Waals surface area contributed by atoms with Gasteiger partial charge in [-0.1, -0.05) is 44.7 Å². The number of rotatable bonds is 5. The summed E-state index contributed by atoms with van der Waals surface area (Å²) in [6, 6.07) is 6.82. The molecule has 1 unspecified atom stereocenters. The summed E-state index contributed by atoms with van der Waals surface area (Å²) in [5.41, 5.74) is 1.81. The number of fused-ring (bicyclic) bond motifs is 1. The van der Waals surface area contributed by atoms with Gasteiger partial charge in [0.1, 0.15) is 17.5 Å². The standard InChI is InChI=1S/C21H23F3/c1-2-3-4-5-14-6-11-18-16(12-14)13-19(23)20(21(18)24)15-7-9-17(22)10-8-15/h7-10,13-14H,2-6,11-12H2,1H3. The van der Waals surface area contributed by atoms with Gasteiger partial charge in [0.15, 0.2) is 0 Å². The quantitative estimate of drug-likeness (QED) is 0.551. The van der Waals surface area contributed by atoms with Gasteiger partial charge in [0.05, 0.1) is 5.56 Å². The summed E-state index contributed by atoms with van der Waals surface area (Å²) in [7, 11) is 0. The third kappa shape index (κ3) is 3.50. The molecule has 0 nitrogen and oxygen atoms in total. The van der Waals surface area contributed by atoms with Crippen LogP contribution in [0.2, 0.25) is 0 Å². The fraction of sp³-hybridized carbons (Fsp3) is 0.429. The van der Waals surface area contributed by atoms with Gasteiger partial charge in [-0.2, -0.15) is 0 Å². The minimum Gasteiger partial charge on any atom is -0.207 e. The summed E-state index contributed by atoms with van der Waals surface area (Å²) < 4.78 is 42.5. The van der Waals surface area contributed by atoms with Crippen LogP contribution in [0.25, 0.3) is 11.1 Å². The first kappa shape index (κ1) is 17.1. The van der Waals surface area contributed by atoms with E-state index in [0.717, 1.165) is 24.8 Å². The van der Waals surface area contributed by atoms with Gasteiger partial charge in [0.2, 0.25) is 0 Å². The number of unbranched alkanes of at least 4 members (excludes halogenated alkanes) is 2. The van der Waals surface area contributed by atoms with E-state index in [0.29, 0.717) is 23.5 Å². The van der Waals surface area contributed by atoms with Gasteiger partial charge in [-0.25, -0.2) is 13.2 Å². The van der Waals surface area contributed by atoms with Gasteiger partial charge in [0.25, 0.3) is 0 Å². The Hall–Kier alpha value is -1.77. The zero-order valence-electron chi connectivity index (χ0n) is 14.0. The number of benzene rings is 2. The summed E-state index contributed by atoms with van der Waals surface area (Å²) in [6.07, 6.45) is 7.11. The van der Waals surface area contributed by atoms with E-state index in [1.165, 1.54) is 49.6 Å². The molecule has 1 aliphatic carbocycles. The van der Waals surface area contributed by atoms with Crippen molar-refractivity contribution < 1.29 is 13.2 Å². The second-order valence-corrected chi connectivity index (χ2v) is 6.80. The fourth-order valence-electron chi connectivity index (χ4n) is 3.73. The van der Waals surface area contributed by atoms with Gasteiger partial charge in [0, 0.05) is 0 Å². The van der Waals surface area contributed by atoms with Crippen molar-refractivity contribution in [1.29, 1.82) is 0 Å². The smallest absolute Gasteiger partial charge is 0.137 e. The molecule has 0 saturated heterocycles. The molecule has 0 amide bonds. The Morgan fingerprint density at radius 3 is 2.50 bits per heavy atom. The van der Waals surface area contributed by atoms with Crippen molar-refractivity contribution in [3.05, 3.63) is 58.9 Å². The molecule has 0 aromatic heterocycles. The van der Waals surface area contributed by atoms with Crippen LogP contribution in [0.5, 0.6) is 0 Å². The predicted molar refractivity (Wildman–Crippen MR) is 91.4 cm³/mol. The lowest BCUT2D eigenvalue weighted by atomic mass is 9.80. The number of halogens is 3. The van der Waals surface area contributed by atoms with Crippen molar-refractivity contribution in [2.75, 3.05) is 0 Å². The summed E-state index contributed by atoms with van der Waals surface area (Å²) in [4.78, 5) is 0. The van der Waals surface area contributed by atoms with E-state index in [1.54, 1.807) is 0 Å². The van der Waals surface area contributed by atoms with E-state index in [9.17, 15) is 13.2 Å². The summed E-state index contributed by atoms with van der Waals surface area (Å²) >= 11 is 0. The van der Waals surface area contributed by atoms with Crippen LogP contribution in [-0.4, -0.2) is 0 Å². The van der Waals surface area contributed by atoms with Crippen molar-refractivity contribution in [3.63, 3.8) is 0 Å². The molecule has 3 heteroatoms. The highest BCUT2D eigenvalue weighted by atomic mass is 19.1. The normalized spacial score (nSPS) is 16.9. The lowest BCUT2D eigenvalue weighted by Crippen LogP contribution is -2.17. The first-order valence-corrected chi connectivity index (χ1v) is 8.85. The molecule has 128 valence electrons. The average Bonchev–Trinajstić information content (AvgIpc) is 2.56. The Kier molecular flexibility index (Phi) is 5.27. The molecule has 1 aliphatic rings. The van der Waals surface area contributed by atoms with Crippen LogP contribution in [0, 0.1) is 23.4 Å². The fourth-order valence-corrected chi connectivity index (χ4v) is 3.73. The van der Waals surface area contributed by atoms with Crippen LogP contribution < -0.4 is 0 Å². The first-order chi connectivity index (χ1) is 11.6. The van der Waals surface area contributed by atoms with Crippen LogP contribution in [0.3, 0.4) is 0 Å². The maximum absolute atomic E-state index is 14.9. The van der Waals surface area contributed by atoms with Crippen molar-refractivity contribution in [3.8, 4) is 11.1 Å². The molecule has 0 N–H and O–H groups in total. The topological polar surface area (TPSA) is 0 Å². The third-order valence-corrected chi connectivity index (χ3v) is 5.07. The summed E-state index contributed by atoms with van der Waals surface area (Å²) in [6.45, 7) is 2.18. The highest BCUT2D eigenvalue weighted by Crippen LogP contribution is 2.36. The Balaban J connectivity index is 1.88. The van der Waals surface area contributed by atoms with Crippen molar-refractivity contribution >= 4 is 0 Å². The minimum atomic E-state index is -0.549. The minimum absolute atomic E-state index is 0.0295. The van der Waals surface area contributed by atoms with E-state index in [-0.39, 0.29) is 5.56 Å². The second kappa shape index (κ2) is 7.42. The summed E-state index contributed by atoms with van der Waals surface area (Å²) in [5.74, 6) is -0.900. The molecule has 0 saturated carbocycles. The van der Waals surface area contributed by atoms with Crippen molar-refractivity contribution in [1.82, 2.24) is 0 Å². The zero-order valence-corrected chi connectivity index (χ0v) is 14.0. The third-order valence-electron chi connectivity index (χ3n) is 5.07. The molecule has 3 rings (SSSR count). The molecular weight excluding hydrogens is 309 g/mol. The monoisotopic (exact) mass is 332 g/mol. The molecule has 0 heterocycles. The molecule has 0 fully saturated rings. The molecule has 24 heavy (non-hydrogen) atoms. The van der Waals surface area contributed by atoms with Gasteiger partial charge >= 0.3 is 0 Å². The largest absolute Gasteiger partial charge is 0.207 e. The maximum Gasteiger partial charge on any atom is 0.137 e. The van der Waals surface area contributed by atoms with Crippen LogP contribution >= 0.6 is 0 Å². The number of hydrogen-bond acceptors (Lipinski definition) is 0. The molecule has 2 aromatic carbocycles. The molecular formula is C21H23F3. The Morgan fingerprint density at radius 2 is 1.79 bits per heavy atom. The molecule has 2 aromatic rings.